The molecule has 0 aliphatic carbocycles. The molecule has 0 aliphatic rings. The van der Waals surface area contributed by atoms with Gasteiger partial charge in [0.15, 0.2) is 5.13 Å². The second kappa shape index (κ2) is 10.8. The largest absolute Gasteiger partial charge is 0.322 e. The van der Waals surface area contributed by atoms with Gasteiger partial charge in [-0.2, -0.15) is 0 Å². The highest BCUT2D eigenvalue weighted by atomic mass is 32.1. The second-order valence-corrected chi connectivity index (χ2v) is 11.7. The number of nitrogens with zero attached hydrogens (tertiary/aromatic N) is 5. The summed E-state index contributed by atoms with van der Waals surface area (Å²) >= 11 is 1.32. The highest BCUT2D eigenvalue weighted by molar-refractivity contribution is 7.19. The van der Waals surface area contributed by atoms with E-state index in [1.54, 1.807) is 17.1 Å². The van der Waals surface area contributed by atoms with E-state index in [1.807, 2.05) is 51.4 Å². The molecule has 0 bridgehead atoms. The van der Waals surface area contributed by atoms with Gasteiger partial charge in [0.05, 0.1) is 16.8 Å². The van der Waals surface area contributed by atoms with Crippen LogP contribution in [0.15, 0.2) is 48.8 Å². The maximum absolute atomic E-state index is 13.3. The van der Waals surface area contributed by atoms with E-state index in [2.05, 4.69) is 57.7 Å². The number of rotatable bonds is 7. The van der Waals surface area contributed by atoms with E-state index in [0.29, 0.717) is 22.1 Å². The lowest BCUT2D eigenvalue weighted by molar-refractivity contribution is -0.114. The molecule has 2 heterocycles. The van der Waals surface area contributed by atoms with Crippen molar-refractivity contribution in [2.24, 2.45) is 0 Å². The summed E-state index contributed by atoms with van der Waals surface area (Å²) in [6, 6.07) is 11.8. The van der Waals surface area contributed by atoms with E-state index >= 15 is 0 Å². The minimum absolute atomic E-state index is 0.0832. The maximum atomic E-state index is 13.3. The van der Waals surface area contributed by atoms with Gasteiger partial charge in [-0.1, -0.05) is 49.5 Å². The second-order valence-electron chi connectivity index (χ2n) is 10.6. The van der Waals surface area contributed by atoms with Gasteiger partial charge in [0.1, 0.15) is 5.69 Å². The van der Waals surface area contributed by atoms with Gasteiger partial charge >= 0.3 is 0 Å². The van der Waals surface area contributed by atoms with E-state index in [9.17, 15) is 9.59 Å². The number of anilines is 2. The Morgan fingerprint density at radius 2 is 1.84 bits per heavy atom. The standard InChI is InChI=1S/C28H33N7O2S/c1-17-8-9-22(31-26(37)20-10-19(15-34(6)7)11-21(12-20)28(3,4)5)13-24(17)35-16-23(32-33-35)25-14-29-27(38-25)30-18(2)36/h8-14,16H,15H2,1-7H3,(H,31,37)(H,29,30,36). The summed E-state index contributed by atoms with van der Waals surface area (Å²) < 4.78 is 1.67. The molecule has 2 N–H and O–H groups in total. The van der Waals surface area contributed by atoms with Gasteiger partial charge in [-0.25, -0.2) is 9.67 Å². The lowest BCUT2D eigenvalue weighted by atomic mass is 9.85. The highest BCUT2D eigenvalue weighted by Crippen LogP contribution is 2.29. The summed E-state index contributed by atoms with van der Waals surface area (Å²) in [5.41, 5.74) is 5.83. The van der Waals surface area contributed by atoms with Crippen LogP contribution in [0.2, 0.25) is 0 Å². The first-order valence-electron chi connectivity index (χ1n) is 12.3. The number of hydrogen-bond acceptors (Lipinski definition) is 7. The zero-order valence-corrected chi connectivity index (χ0v) is 23.6. The van der Waals surface area contributed by atoms with Crippen molar-refractivity contribution in [3.05, 3.63) is 71.0 Å². The Hall–Kier alpha value is -3.89. The molecule has 0 saturated carbocycles. The Morgan fingerprint density at radius 1 is 1.08 bits per heavy atom. The Labute approximate surface area is 226 Å². The first kappa shape index (κ1) is 27.2. The fourth-order valence-corrected chi connectivity index (χ4v) is 4.76. The van der Waals surface area contributed by atoms with E-state index in [4.69, 9.17) is 0 Å². The van der Waals surface area contributed by atoms with Crippen molar-refractivity contribution in [1.82, 2.24) is 24.9 Å². The number of nitrogens with one attached hydrogen (secondary N) is 2. The molecule has 4 aromatic rings. The molecule has 0 atom stereocenters. The summed E-state index contributed by atoms with van der Waals surface area (Å²) in [6.07, 6.45) is 3.46. The zero-order chi connectivity index (χ0) is 27.6. The molecule has 9 nitrogen and oxygen atoms in total. The third-order valence-electron chi connectivity index (χ3n) is 5.87. The third-order valence-corrected chi connectivity index (χ3v) is 6.80. The van der Waals surface area contributed by atoms with Crippen LogP contribution >= 0.6 is 11.3 Å². The zero-order valence-electron chi connectivity index (χ0n) is 22.8. The molecule has 198 valence electrons. The average Bonchev–Trinajstić information content (AvgIpc) is 3.48. The van der Waals surface area contributed by atoms with Crippen LogP contribution < -0.4 is 10.6 Å². The summed E-state index contributed by atoms with van der Waals surface area (Å²) in [5, 5.41) is 14.8. The smallest absolute Gasteiger partial charge is 0.255 e. The van der Waals surface area contributed by atoms with Crippen LogP contribution in [-0.2, 0) is 16.8 Å². The van der Waals surface area contributed by atoms with Crippen LogP contribution in [0.5, 0.6) is 0 Å². The van der Waals surface area contributed by atoms with Crippen molar-refractivity contribution in [1.29, 1.82) is 0 Å². The van der Waals surface area contributed by atoms with Crippen LogP contribution in [0.25, 0.3) is 16.3 Å². The Balaban J connectivity index is 1.59. The molecule has 0 aliphatic heterocycles. The number of carbonyl (C=O) groups excluding carboxylic acids is 2. The first-order valence-corrected chi connectivity index (χ1v) is 13.1. The van der Waals surface area contributed by atoms with Crippen LogP contribution in [0.4, 0.5) is 10.8 Å². The molecule has 38 heavy (non-hydrogen) atoms. The molecule has 0 spiro atoms. The van der Waals surface area contributed by atoms with Crippen molar-refractivity contribution in [3.63, 3.8) is 0 Å². The average molecular weight is 532 g/mol. The monoisotopic (exact) mass is 531 g/mol. The molecule has 0 radical (unpaired) electrons. The van der Waals surface area contributed by atoms with Gasteiger partial charge in [0, 0.05) is 30.9 Å². The summed E-state index contributed by atoms with van der Waals surface area (Å²) in [6.45, 7) is 10.6. The molecule has 2 aromatic heterocycles. The number of hydrogen-bond donors (Lipinski definition) is 2. The minimum atomic E-state index is -0.178. The van der Waals surface area contributed by atoms with Crippen LogP contribution in [0, 0.1) is 6.92 Å². The van der Waals surface area contributed by atoms with Crippen molar-refractivity contribution < 1.29 is 9.59 Å². The van der Waals surface area contributed by atoms with E-state index < -0.39 is 0 Å². The van der Waals surface area contributed by atoms with E-state index in [1.165, 1.54) is 18.3 Å². The SMILES string of the molecule is CC(=O)Nc1ncc(-c2cn(-c3cc(NC(=O)c4cc(CN(C)C)cc(C(C)(C)C)c4)ccc3C)nn2)s1. The summed E-state index contributed by atoms with van der Waals surface area (Å²) in [5.74, 6) is -0.344. The lowest BCUT2D eigenvalue weighted by Crippen LogP contribution is -2.18. The van der Waals surface area contributed by atoms with Crippen molar-refractivity contribution >= 4 is 34.0 Å². The number of benzene rings is 2. The van der Waals surface area contributed by atoms with Gasteiger partial charge in [-0.05, 0) is 67.4 Å². The minimum Gasteiger partial charge on any atom is -0.322 e. The fourth-order valence-electron chi connectivity index (χ4n) is 3.95. The van der Waals surface area contributed by atoms with Gasteiger partial charge in [0.25, 0.3) is 5.91 Å². The van der Waals surface area contributed by atoms with Gasteiger partial charge in [-0.15, -0.1) is 5.10 Å². The molecule has 2 aromatic carbocycles. The predicted molar refractivity (Wildman–Crippen MR) is 152 cm³/mol. The molecular weight excluding hydrogens is 498 g/mol. The van der Waals surface area contributed by atoms with Gasteiger partial charge in [0.2, 0.25) is 5.91 Å². The summed E-state index contributed by atoms with van der Waals surface area (Å²) in [7, 11) is 4.04. The maximum Gasteiger partial charge on any atom is 0.255 e. The molecule has 10 heteroatoms. The first-order chi connectivity index (χ1) is 17.9. The van der Waals surface area contributed by atoms with Gasteiger partial charge < -0.3 is 15.5 Å². The normalized spacial score (nSPS) is 11.6. The Kier molecular flexibility index (Phi) is 7.75. The van der Waals surface area contributed by atoms with Crippen LogP contribution in [0.3, 0.4) is 0 Å². The predicted octanol–water partition coefficient (Wildman–Crippen LogP) is 5.27. The van der Waals surface area contributed by atoms with Crippen LogP contribution in [0.1, 0.15) is 54.7 Å². The molecule has 0 fully saturated rings. The molecule has 2 amide bonds. The van der Waals surface area contributed by atoms with Crippen molar-refractivity contribution in [2.75, 3.05) is 24.7 Å². The Morgan fingerprint density at radius 3 is 2.53 bits per heavy atom. The molecule has 0 saturated heterocycles. The Bertz CT molecular complexity index is 1480. The van der Waals surface area contributed by atoms with Crippen molar-refractivity contribution in [3.8, 4) is 16.3 Å². The van der Waals surface area contributed by atoms with Gasteiger partial charge in [-0.3, -0.25) is 9.59 Å². The molecular formula is C28H33N7O2S. The number of aryl methyl sites for hydroxylation is 1. The number of carbonyl (C=O) groups is 2. The number of amides is 2. The quantitative estimate of drug-likeness (QED) is 0.337. The molecule has 0 unspecified atom stereocenters. The third kappa shape index (κ3) is 6.51. The topological polar surface area (TPSA) is 105 Å². The summed E-state index contributed by atoms with van der Waals surface area (Å²) in [4.78, 5) is 31.7. The lowest BCUT2D eigenvalue weighted by Gasteiger charge is -2.22. The fraction of sp³-hybridized carbons (Fsp3) is 0.321. The molecule has 4 rings (SSSR count). The van der Waals surface area contributed by atoms with Crippen molar-refractivity contribution in [2.45, 2.75) is 46.6 Å². The van der Waals surface area contributed by atoms with E-state index in [0.717, 1.165) is 33.8 Å². The number of thiazole rings is 1. The van der Waals surface area contributed by atoms with Crippen LogP contribution in [-0.4, -0.2) is 50.8 Å². The highest BCUT2D eigenvalue weighted by Gasteiger charge is 2.19. The van der Waals surface area contributed by atoms with E-state index in [-0.39, 0.29) is 17.2 Å². The number of aromatic nitrogens is 4.